The molecule has 33 heavy (non-hydrogen) atoms. The summed E-state index contributed by atoms with van der Waals surface area (Å²) in [6.07, 6.45) is 1.27. The largest absolute Gasteiger partial charge is 0.347 e. The van der Waals surface area contributed by atoms with Gasteiger partial charge in [0.25, 0.3) is 11.7 Å². The molecule has 11 heteroatoms. The van der Waals surface area contributed by atoms with E-state index in [1.54, 1.807) is 4.90 Å². The highest BCUT2D eigenvalue weighted by Crippen LogP contribution is 2.46. The highest BCUT2D eigenvalue weighted by Gasteiger charge is 2.54. The fraction of sp³-hybridized carbons (Fsp3) is 0.364. The number of benzene rings is 2. The molecule has 2 N–H and O–H groups in total. The Morgan fingerprint density at radius 2 is 1.91 bits per heavy atom. The third-order valence-corrected chi connectivity index (χ3v) is 7.04. The van der Waals surface area contributed by atoms with Crippen LogP contribution in [0.1, 0.15) is 24.0 Å². The van der Waals surface area contributed by atoms with Crippen LogP contribution in [0.25, 0.3) is 0 Å². The summed E-state index contributed by atoms with van der Waals surface area (Å²) in [6.45, 7) is 2.18. The van der Waals surface area contributed by atoms with Crippen molar-refractivity contribution < 1.29 is 18.0 Å². The molecule has 1 heterocycles. The van der Waals surface area contributed by atoms with Crippen LogP contribution in [0, 0.1) is 18.2 Å². The number of aryl methyl sites for hydroxylation is 1. The molecule has 172 valence electrons. The third-order valence-electron chi connectivity index (χ3n) is 5.91. The van der Waals surface area contributed by atoms with Crippen molar-refractivity contribution in [2.75, 3.05) is 24.4 Å². The first kappa shape index (κ1) is 23.8. The number of nitrogens with zero attached hydrogens (tertiary/aromatic N) is 2. The Morgan fingerprint density at radius 1 is 1.24 bits per heavy atom. The maximum atomic E-state index is 14.2. The minimum atomic E-state index is -3.93. The number of carbonyl (C=O) groups is 1. The van der Waals surface area contributed by atoms with Gasteiger partial charge in [0, 0.05) is 24.5 Å². The van der Waals surface area contributed by atoms with Gasteiger partial charge in [-0.05, 0) is 56.0 Å². The normalized spacial score (nSPS) is 17.2. The van der Waals surface area contributed by atoms with Gasteiger partial charge in [0.05, 0.1) is 21.8 Å². The zero-order valence-corrected chi connectivity index (χ0v) is 19.4. The van der Waals surface area contributed by atoms with Crippen LogP contribution in [0.2, 0.25) is 5.02 Å². The van der Waals surface area contributed by atoms with Crippen LogP contribution in [0.15, 0.2) is 41.3 Å². The smallest absolute Gasteiger partial charge is 0.281 e. The van der Waals surface area contributed by atoms with E-state index in [2.05, 4.69) is 4.72 Å². The van der Waals surface area contributed by atoms with Crippen molar-refractivity contribution in [3.05, 3.63) is 58.4 Å². The number of amides is 1. The van der Waals surface area contributed by atoms with E-state index in [0.717, 1.165) is 21.4 Å². The maximum absolute atomic E-state index is 14.2. The lowest BCUT2D eigenvalue weighted by Crippen LogP contribution is -2.60. The summed E-state index contributed by atoms with van der Waals surface area (Å²) in [5, 5.41) is 8.94. The minimum Gasteiger partial charge on any atom is -0.347 e. The number of piperazine rings is 1. The number of amidine groups is 1. The Labute approximate surface area is 200 Å². The summed E-state index contributed by atoms with van der Waals surface area (Å²) in [5.41, 5.74) is 1.12. The number of alkyl halides is 2. The number of nitrogens with one attached hydrogen (secondary N) is 2. The highest BCUT2D eigenvalue weighted by molar-refractivity contribution is 8.00. The van der Waals surface area contributed by atoms with Crippen molar-refractivity contribution in [3.8, 4) is 0 Å². The van der Waals surface area contributed by atoms with E-state index in [0.29, 0.717) is 24.1 Å². The zero-order chi connectivity index (χ0) is 24.0. The van der Waals surface area contributed by atoms with Crippen molar-refractivity contribution in [2.45, 2.75) is 36.0 Å². The molecule has 2 aliphatic rings. The molecule has 0 aromatic heterocycles. The van der Waals surface area contributed by atoms with Gasteiger partial charge in [0.2, 0.25) is 0 Å². The average Bonchev–Trinajstić information content (AvgIpc) is 3.50. The molecule has 2 aromatic carbocycles. The Hall–Kier alpha value is -2.33. The number of halogens is 4. The van der Waals surface area contributed by atoms with E-state index in [9.17, 15) is 18.0 Å². The van der Waals surface area contributed by atoms with Crippen LogP contribution in [0.3, 0.4) is 0 Å². The van der Waals surface area contributed by atoms with Crippen LogP contribution in [-0.4, -0.2) is 60.4 Å². The van der Waals surface area contributed by atoms with Gasteiger partial charge in [-0.15, -0.1) is 0 Å². The Kier molecular flexibility index (Phi) is 6.35. The van der Waals surface area contributed by atoms with Crippen molar-refractivity contribution in [2.24, 2.45) is 0 Å². The summed E-state index contributed by atoms with van der Waals surface area (Å²) in [7, 11) is 4.70. The molecule has 1 spiro atoms. The number of hydrogen-bond acceptors (Lipinski definition) is 4. The van der Waals surface area contributed by atoms with Crippen LogP contribution in [0.4, 0.5) is 18.9 Å². The predicted octanol–water partition coefficient (Wildman–Crippen LogP) is 4.67. The van der Waals surface area contributed by atoms with Gasteiger partial charge >= 0.3 is 0 Å². The molecule has 0 bridgehead atoms. The number of rotatable bonds is 5. The zero-order valence-electron chi connectivity index (χ0n) is 17.8. The summed E-state index contributed by atoms with van der Waals surface area (Å²) < 4.78 is 44.0. The van der Waals surface area contributed by atoms with Crippen molar-refractivity contribution >= 4 is 48.8 Å². The molecular formula is C22H21BClF3N4OS. The topological polar surface area (TPSA) is 59.4 Å². The second kappa shape index (κ2) is 8.79. The van der Waals surface area contributed by atoms with E-state index in [1.165, 1.54) is 18.0 Å². The van der Waals surface area contributed by atoms with E-state index in [-0.39, 0.29) is 30.5 Å². The molecule has 1 aliphatic heterocycles. The molecule has 2 aromatic rings. The molecule has 1 aliphatic carbocycles. The quantitative estimate of drug-likeness (QED) is 0.276. The fourth-order valence-electron chi connectivity index (χ4n) is 4.03. The van der Waals surface area contributed by atoms with Crippen molar-refractivity contribution in [1.29, 1.82) is 5.41 Å². The van der Waals surface area contributed by atoms with Crippen LogP contribution in [0.5, 0.6) is 0 Å². The Morgan fingerprint density at radius 3 is 2.52 bits per heavy atom. The van der Waals surface area contributed by atoms with E-state index in [4.69, 9.17) is 24.9 Å². The molecule has 2 radical (unpaired) electrons. The molecule has 5 nitrogen and oxygen atoms in total. The molecule has 1 amide bonds. The third kappa shape index (κ3) is 4.96. The Balaban J connectivity index is 1.57. The number of hydrogen-bond donors (Lipinski definition) is 2. The molecule has 2 fully saturated rings. The summed E-state index contributed by atoms with van der Waals surface area (Å²) >= 11 is 7.63. The standard InChI is InChI=1S/C22H21BClF3N4OS/c1-13-2-4-15(5-3-13)33-29-17-11-14(25)10-16(24)18(17)19(28)31-9-8-30(12-21(31)6-7-21)20(32)22(23,26)27/h2-5,10-11,28-29H,6-9,12H2,1H3. The second-order valence-electron chi connectivity index (χ2n) is 8.40. The lowest BCUT2D eigenvalue weighted by molar-refractivity contribution is -0.149. The van der Waals surface area contributed by atoms with Crippen LogP contribution < -0.4 is 4.72 Å². The molecule has 0 atom stereocenters. The second-order valence-corrected chi connectivity index (χ2v) is 9.69. The average molecular weight is 493 g/mol. The molecule has 4 rings (SSSR count). The first-order chi connectivity index (χ1) is 15.5. The number of anilines is 1. The fourth-order valence-corrected chi connectivity index (χ4v) is 4.99. The van der Waals surface area contributed by atoms with E-state index in [1.807, 2.05) is 31.2 Å². The summed E-state index contributed by atoms with van der Waals surface area (Å²) in [6, 6.07) is 10.2. The van der Waals surface area contributed by atoms with Gasteiger partial charge in [0.1, 0.15) is 11.7 Å². The maximum Gasteiger partial charge on any atom is 0.281 e. The van der Waals surface area contributed by atoms with Gasteiger partial charge in [-0.2, -0.15) is 0 Å². The first-order valence-corrected chi connectivity index (χ1v) is 11.5. The number of carbonyl (C=O) groups excluding carboxylic acids is 1. The molecule has 1 saturated heterocycles. The lowest BCUT2D eigenvalue weighted by atomic mass is 9.96. The molecule has 1 saturated carbocycles. The van der Waals surface area contributed by atoms with Gasteiger partial charge in [-0.1, -0.05) is 29.3 Å². The van der Waals surface area contributed by atoms with Gasteiger partial charge < -0.3 is 14.5 Å². The van der Waals surface area contributed by atoms with Crippen molar-refractivity contribution in [3.63, 3.8) is 0 Å². The van der Waals surface area contributed by atoms with Crippen molar-refractivity contribution in [1.82, 2.24) is 9.80 Å². The van der Waals surface area contributed by atoms with Gasteiger partial charge in [-0.25, -0.2) is 13.2 Å². The van der Waals surface area contributed by atoms with E-state index >= 15 is 0 Å². The highest BCUT2D eigenvalue weighted by atomic mass is 35.5. The summed E-state index contributed by atoms with van der Waals surface area (Å²) in [5.74, 6) is -5.85. The lowest BCUT2D eigenvalue weighted by Gasteiger charge is -2.44. The van der Waals surface area contributed by atoms with Gasteiger partial charge in [0.15, 0.2) is 7.85 Å². The van der Waals surface area contributed by atoms with Gasteiger partial charge in [-0.3, -0.25) is 10.2 Å². The minimum absolute atomic E-state index is 0.00452. The molecule has 0 unspecified atom stereocenters. The van der Waals surface area contributed by atoms with Crippen LogP contribution >= 0.6 is 23.5 Å². The predicted molar refractivity (Wildman–Crippen MR) is 125 cm³/mol. The summed E-state index contributed by atoms with van der Waals surface area (Å²) in [4.78, 5) is 15.7. The van der Waals surface area contributed by atoms with Crippen LogP contribution in [-0.2, 0) is 4.79 Å². The monoisotopic (exact) mass is 492 g/mol. The molecular weight excluding hydrogens is 472 g/mol. The van der Waals surface area contributed by atoms with E-state index < -0.39 is 23.1 Å². The Bertz CT molecular complexity index is 1090. The SMILES string of the molecule is [B]C(F)(F)C(=O)N1CCN(C(=N)c2c(Cl)cc(F)cc2NSc2ccc(C)cc2)C2(CC2)C1. The first-order valence-electron chi connectivity index (χ1n) is 10.3.